The van der Waals surface area contributed by atoms with E-state index < -0.39 is 0 Å². The molecule has 0 unspecified atom stereocenters. The number of hydrogen-bond donors (Lipinski definition) is 2. The van der Waals surface area contributed by atoms with E-state index in [9.17, 15) is 0 Å². The predicted octanol–water partition coefficient (Wildman–Crippen LogP) is 12.1. The summed E-state index contributed by atoms with van der Waals surface area (Å²) in [5.74, 6) is 0. The average molecular weight is 847 g/mol. The molecule has 0 fully saturated rings. The maximum atomic E-state index is 5.54. The third-order valence-electron chi connectivity index (χ3n) is 12.5. The molecule has 64 heavy (non-hydrogen) atoms. The molecule has 7 aromatic rings. The lowest BCUT2D eigenvalue weighted by Crippen LogP contribution is -2.34. The highest BCUT2D eigenvalue weighted by Crippen LogP contribution is 2.40. The molecule has 0 spiro atoms. The number of nitrogens with zero attached hydrogens (tertiary/aromatic N) is 6. The van der Waals surface area contributed by atoms with Crippen LogP contribution in [0.2, 0.25) is 0 Å². The Kier molecular flexibility index (Phi) is 10.3. The van der Waals surface area contributed by atoms with E-state index in [0.29, 0.717) is 0 Å². The van der Waals surface area contributed by atoms with Gasteiger partial charge in [0, 0.05) is 44.3 Å². The largest absolute Gasteiger partial charge is 0.354 e. The fraction of sp³-hybridized carbons (Fsp3) is 0.214. The first kappa shape index (κ1) is 42.6. The van der Waals surface area contributed by atoms with Gasteiger partial charge in [0.15, 0.2) is 0 Å². The third kappa shape index (κ3) is 8.17. The Balaban J connectivity index is 1.42. The summed E-state index contributed by atoms with van der Waals surface area (Å²) in [7, 11) is 26.4. The van der Waals surface area contributed by atoms with Crippen LogP contribution in [0.5, 0.6) is 0 Å². The molecule has 9 rings (SSSR count). The van der Waals surface area contributed by atoms with Gasteiger partial charge < -0.3 is 9.97 Å². The van der Waals surface area contributed by atoms with Crippen LogP contribution in [0.15, 0.2) is 121 Å². The monoisotopic (exact) mass is 847 g/mol. The fourth-order valence-electron chi connectivity index (χ4n) is 8.72. The molecule has 2 aliphatic rings. The molecular formula is C56H62N8+4. The van der Waals surface area contributed by atoms with E-state index in [0.717, 1.165) is 107 Å². The van der Waals surface area contributed by atoms with E-state index in [4.69, 9.17) is 9.97 Å². The zero-order chi connectivity index (χ0) is 45.3. The first-order valence-corrected chi connectivity index (χ1v) is 22.1. The quantitative estimate of drug-likeness (QED) is 0.150. The zero-order valence-electron chi connectivity index (χ0n) is 39.5. The van der Waals surface area contributed by atoms with Gasteiger partial charge in [-0.3, -0.25) is 17.9 Å². The van der Waals surface area contributed by atoms with Crippen LogP contribution in [0.25, 0.3) is 90.9 Å². The molecule has 0 saturated carbocycles. The number of benzene rings is 4. The van der Waals surface area contributed by atoms with E-state index >= 15 is 0 Å². The normalized spacial score (nSPS) is 13.2. The summed E-state index contributed by atoms with van der Waals surface area (Å²) in [6, 6.07) is 44.5. The van der Waals surface area contributed by atoms with Crippen molar-refractivity contribution in [1.29, 1.82) is 0 Å². The minimum atomic E-state index is 0.727. The minimum Gasteiger partial charge on any atom is -0.354 e. The molecule has 5 heterocycles. The zero-order valence-corrected chi connectivity index (χ0v) is 39.5. The Morgan fingerprint density at radius 3 is 0.625 bits per heavy atom. The number of aromatic nitrogens is 4. The van der Waals surface area contributed by atoms with E-state index in [1.54, 1.807) is 0 Å². The molecule has 0 amide bonds. The number of fused-ring (bicyclic) bond motifs is 8. The van der Waals surface area contributed by atoms with Gasteiger partial charge >= 0.3 is 0 Å². The Labute approximate surface area is 378 Å². The highest BCUT2D eigenvalue weighted by molar-refractivity contribution is 6.00. The van der Waals surface area contributed by atoms with Crippen molar-refractivity contribution in [2.45, 2.75) is 0 Å². The van der Waals surface area contributed by atoms with Gasteiger partial charge in [0.1, 0.15) is 22.7 Å². The summed E-state index contributed by atoms with van der Waals surface area (Å²) < 4.78 is 2.91. The van der Waals surface area contributed by atoms with Crippen LogP contribution in [0.3, 0.4) is 0 Å². The van der Waals surface area contributed by atoms with Crippen LogP contribution in [0.1, 0.15) is 22.8 Å². The first-order valence-electron chi connectivity index (χ1n) is 22.1. The van der Waals surface area contributed by atoms with E-state index in [2.05, 4.69) is 240 Å². The van der Waals surface area contributed by atoms with Gasteiger partial charge in [-0.25, -0.2) is 9.97 Å². The van der Waals surface area contributed by atoms with Crippen LogP contribution in [0, 0.1) is 0 Å². The molecule has 322 valence electrons. The highest BCUT2D eigenvalue weighted by atomic mass is 15.3. The molecule has 4 aromatic carbocycles. The number of quaternary nitrogens is 4. The smallest absolute Gasteiger partial charge is 0.132 e. The molecule has 8 heteroatoms. The number of nitrogens with one attached hydrogen (secondary N) is 2. The highest BCUT2D eigenvalue weighted by Gasteiger charge is 2.22. The summed E-state index contributed by atoms with van der Waals surface area (Å²) in [4.78, 5) is 18.9. The Morgan fingerprint density at radius 2 is 0.453 bits per heavy atom. The van der Waals surface area contributed by atoms with Gasteiger partial charge in [0.2, 0.25) is 0 Å². The summed E-state index contributed by atoms with van der Waals surface area (Å²) in [6.45, 7) is 0. The van der Waals surface area contributed by atoms with E-state index in [1.165, 1.54) is 22.7 Å². The van der Waals surface area contributed by atoms with Crippen molar-refractivity contribution in [3.05, 3.63) is 144 Å². The van der Waals surface area contributed by atoms with Crippen LogP contribution in [-0.2, 0) is 0 Å². The van der Waals surface area contributed by atoms with Gasteiger partial charge in [-0.05, 0) is 168 Å². The van der Waals surface area contributed by atoms with E-state index in [1.807, 2.05) is 0 Å². The van der Waals surface area contributed by atoms with Gasteiger partial charge in [0.25, 0.3) is 0 Å². The van der Waals surface area contributed by atoms with Crippen LogP contribution in [-0.4, -0.2) is 105 Å². The lowest BCUT2D eigenvalue weighted by molar-refractivity contribution is 0.486. The fourth-order valence-corrected chi connectivity index (χ4v) is 8.72. The maximum absolute atomic E-state index is 5.54. The molecule has 8 bridgehead atoms. The summed E-state index contributed by atoms with van der Waals surface area (Å²) in [5.41, 5.74) is 20.9. The molecule has 2 N–H and O–H groups in total. The van der Waals surface area contributed by atoms with Gasteiger partial charge in [0.05, 0.1) is 107 Å². The number of rotatable bonds is 8. The molecule has 0 saturated heterocycles. The molecule has 2 aliphatic heterocycles. The van der Waals surface area contributed by atoms with Gasteiger partial charge in [-0.2, -0.15) is 0 Å². The Hall–Kier alpha value is -6.68. The summed E-state index contributed by atoms with van der Waals surface area (Å²) in [6.07, 6.45) is 8.69. The standard InChI is InChI=1S/C56H62N8/c1-61(2,3)41-21-13-37(14-22-41)53-45-29-31-47(57-45)54(38-15-23-42(24-16-38)62(4,5)6)49-33-35-51(59-49)56(40-19-27-44(28-20-40)64(10,11)12)52-36-34-50(60-52)55(48-32-30-46(53)58-48)39-17-25-43(26-18-39)63(7,8)9/h13-36,57,60H,1-12H3/q+4. The van der Waals surface area contributed by atoms with E-state index in [-0.39, 0.29) is 0 Å². The third-order valence-corrected chi connectivity index (χ3v) is 12.5. The predicted molar refractivity (Wildman–Crippen MR) is 279 cm³/mol. The van der Waals surface area contributed by atoms with Crippen molar-refractivity contribution in [3.63, 3.8) is 0 Å². The second-order valence-corrected chi connectivity index (χ2v) is 20.7. The molecule has 0 atom stereocenters. The van der Waals surface area contributed by atoms with Crippen LogP contribution < -0.4 is 17.9 Å². The van der Waals surface area contributed by atoms with Crippen molar-refractivity contribution < 1.29 is 0 Å². The molecular weight excluding hydrogens is 785 g/mol. The Bertz CT molecular complexity index is 2710. The SMILES string of the molecule is C[N+](C)(C)c1ccc(-c2c3nc(c(-c4ccc([N+](C)(C)C)cc4)c4ccc([nH]4)c(-c4ccc([N+](C)(C)C)cc4)c4nc(c(-c5ccc([N+](C)(C)C)cc5)c5ccc2[nH]5)C=C4)C=C3)cc1. The summed E-state index contributed by atoms with van der Waals surface area (Å²) >= 11 is 0. The Morgan fingerprint density at radius 1 is 0.266 bits per heavy atom. The number of H-pyrrole nitrogens is 2. The van der Waals surface area contributed by atoms with Crippen LogP contribution >= 0.6 is 0 Å². The van der Waals surface area contributed by atoms with Gasteiger partial charge in [-0.15, -0.1) is 0 Å². The van der Waals surface area contributed by atoms with Crippen molar-refractivity contribution in [2.75, 3.05) is 84.6 Å². The van der Waals surface area contributed by atoms with Crippen molar-refractivity contribution in [2.24, 2.45) is 0 Å². The lowest BCUT2D eigenvalue weighted by Gasteiger charge is -2.23. The number of hydrogen-bond acceptors (Lipinski definition) is 2. The molecule has 3 aromatic heterocycles. The molecule has 0 aliphatic carbocycles. The number of aromatic amines is 2. The average Bonchev–Trinajstić information content (AvgIpc) is 4.08. The topological polar surface area (TPSA) is 57.4 Å². The van der Waals surface area contributed by atoms with Crippen LogP contribution in [0.4, 0.5) is 22.7 Å². The van der Waals surface area contributed by atoms with Crippen molar-refractivity contribution >= 4 is 69.1 Å². The molecule has 0 radical (unpaired) electrons. The second-order valence-electron chi connectivity index (χ2n) is 20.7. The maximum Gasteiger partial charge on any atom is 0.132 e. The first-order chi connectivity index (χ1) is 30.2. The molecule has 8 nitrogen and oxygen atoms in total. The van der Waals surface area contributed by atoms with Crippen molar-refractivity contribution in [1.82, 2.24) is 37.9 Å². The minimum absolute atomic E-state index is 0.727. The van der Waals surface area contributed by atoms with Gasteiger partial charge in [-0.1, -0.05) is 0 Å². The van der Waals surface area contributed by atoms with Crippen molar-refractivity contribution in [3.8, 4) is 44.5 Å². The second kappa shape index (κ2) is 15.5. The lowest BCUT2D eigenvalue weighted by atomic mass is 10.0. The summed E-state index contributed by atoms with van der Waals surface area (Å²) in [5, 5.41) is 0.